The largest absolute Gasteiger partial charge is 0.418 e. The average Bonchev–Trinajstić information content (AvgIpc) is 3.12. The fourth-order valence-electron chi connectivity index (χ4n) is 4.14. The van der Waals surface area contributed by atoms with E-state index in [4.69, 9.17) is 0 Å². The summed E-state index contributed by atoms with van der Waals surface area (Å²) in [5.41, 5.74) is -2.25. The van der Waals surface area contributed by atoms with E-state index in [0.717, 1.165) is 31.5 Å². The number of halogens is 6. The Morgan fingerprint density at radius 3 is 2.48 bits per heavy atom. The highest BCUT2D eigenvalue weighted by Gasteiger charge is 2.37. The number of benzene rings is 1. The van der Waals surface area contributed by atoms with Crippen LogP contribution >= 0.6 is 0 Å². The lowest BCUT2D eigenvalue weighted by molar-refractivity contribution is -0.137. The molecule has 0 amide bonds. The number of nitrogens with zero attached hydrogens (tertiary/aromatic N) is 1. The minimum atomic E-state index is -4.92. The third kappa shape index (κ3) is 4.21. The van der Waals surface area contributed by atoms with Crippen LogP contribution in [0.5, 0.6) is 0 Å². The van der Waals surface area contributed by atoms with Crippen LogP contribution in [0.1, 0.15) is 31.2 Å². The van der Waals surface area contributed by atoms with E-state index in [0.29, 0.717) is 18.6 Å². The van der Waals surface area contributed by atoms with Crippen LogP contribution in [0.25, 0.3) is 22.2 Å². The fraction of sp³-hybridized carbons (Fsp3) is 0.381. The summed E-state index contributed by atoms with van der Waals surface area (Å²) in [6, 6.07) is 1.96. The predicted molar refractivity (Wildman–Crippen MR) is 105 cm³/mol. The molecule has 0 saturated heterocycles. The van der Waals surface area contributed by atoms with Crippen LogP contribution in [0.3, 0.4) is 0 Å². The van der Waals surface area contributed by atoms with E-state index in [1.54, 1.807) is 0 Å². The third-order valence-corrected chi connectivity index (χ3v) is 5.67. The van der Waals surface area contributed by atoms with Gasteiger partial charge in [-0.25, -0.2) is 18.2 Å². The maximum atomic E-state index is 14.6. The summed E-state index contributed by atoms with van der Waals surface area (Å²) in [6.45, 7) is 0. The highest BCUT2D eigenvalue weighted by atomic mass is 19.4. The summed E-state index contributed by atoms with van der Waals surface area (Å²) in [5, 5.41) is 5.95. The molecular formula is C21H20F6N4. The van der Waals surface area contributed by atoms with Crippen molar-refractivity contribution >= 4 is 16.7 Å². The first-order chi connectivity index (χ1) is 14.7. The van der Waals surface area contributed by atoms with Gasteiger partial charge in [0.15, 0.2) is 11.6 Å². The Labute approximate surface area is 174 Å². The molecule has 3 aromatic rings. The van der Waals surface area contributed by atoms with Gasteiger partial charge in [0.25, 0.3) is 0 Å². The third-order valence-electron chi connectivity index (χ3n) is 5.67. The lowest BCUT2D eigenvalue weighted by atomic mass is 9.91. The SMILES string of the molecule is CNC1CCCC(Nc2nc(-c3c[nH]c4c(F)cc(F)cc34)c(C(F)(F)F)cc2F)C1. The van der Waals surface area contributed by atoms with E-state index in [2.05, 4.69) is 20.6 Å². The molecule has 1 saturated carbocycles. The lowest BCUT2D eigenvalue weighted by Crippen LogP contribution is -2.37. The Hall–Kier alpha value is -2.75. The molecule has 2 unspecified atom stereocenters. The number of hydrogen-bond acceptors (Lipinski definition) is 3. The van der Waals surface area contributed by atoms with Gasteiger partial charge < -0.3 is 15.6 Å². The number of aromatic nitrogens is 2. The monoisotopic (exact) mass is 442 g/mol. The van der Waals surface area contributed by atoms with Crippen molar-refractivity contribution in [2.75, 3.05) is 12.4 Å². The first-order valence-electron chi connectivity index (χ1n) is 9.85. The van der Waals surface area contributed by atoms with Gasteiger partial charge >= 0.3 is 6.18 Å². The van der Waals surface area contributed by atoms with Gasteiger partial charge in [0.1, 0.15) is 11.6 Å². The zero-order chi connectivity index (χ0) is 22.3. The molecular weight excluding hydrogens is 422 g/mol. The molecule has 4 nitrogen and oxygen atoms in total. The molecule has 1 aromatic carbocycles. The van der Waals surface area contributed by atoms with Gasteiger partial charge in [-0.2, -0.15) is 13.2 Å². The Morgan fingerprint density at radius 1 is 1.03 bits per heavy atom. The summed E-state index contributed by atoms with van der Waals surface area (Å²) in [5.74, 6) is -3.35. The van der Waals surface area contributed by atoms with Crippen LogP contribution in [0.4, 0.5) is 32.2 Å². The molecule has 2 aromatic heterocycles. The second kappa shape index (κ2) is 8.07. The molecule has 0 aliphatic heterocycles. The minimum absolute atomic E-state index is 0.110. The van der Waals surface area contributed by atoms with Crippen LogP contribution in [-0.2, 0) is 6.18 Å². The van der Waals surface area contributed by atoms with E-state index in [1.165, 1.54) is 0 Å². The number of fused-ring (bicyclic) bond motifs is 1. The minimum Gasteiger partial charge on any atom is -0.365 e. The van der Waals surface area contributed by atoms with Crippen molar-refractivity contribution in [3.05, 3.63) is 47.4 Å². The van der Waals surface area contributed by atoms with E-state index in [-0.39, 0.29) is 34.4 Å². The Morgan fingerprint density at radius 2 is 1.77 bits per heavy atom. The highest BCUT2D eigenvalue weighted by molar-refractivity contribution is 5.96. The Kier molecular flexibility index (Phi) is 5.59. The number of rotatable bonds is 4. The Bertz CT molecular complexity index is 1110. The van der Waals surface area contributed by atoms with Crippen molar-refractivity contribution < 1.29 is 26.3 Å². The summed E-state index contributed by atoms with van der Waals surface area (Å²) < 4.78 is 83.4. The molecule has 10 heteroatoms. The standard InChI is InChI=1S/C21H20F6N4/c1-28-11-3-2-4-12(7-11)30-20-17(24)8-15(21(25,26)27)18(31-20)14-9-29-19-13(14)5-10(22)6-16(19)23/h5-6,8-9,11-12,28-29H,2-4,7H2,1H3,(H,30,31). The maximum absolute atomic E-state index is 14.6. The molecule has 4 rings (SSSR count). The molecule has 0 radical (unpaired) electrons. The van der Waals surface area contributed by atoms with Crippen molar-refractivity contribution in [3.8, 4) is 11.3 Å². The zero-order valence-electron chi connectivity index (χ0n) is 16.5. The lowest BCUT2D eigenvalue weighted by Gasteiger charge is -2.30. The van der Waals surface area contributed by atoms with Crippen molar-refractivity contribution in [1.29, 1.82) is 0 Å². The smallest absolute Gasteiger partial charge is 0.365 e. The molecule has 0 spiro atoms. The molecule has 2 atom stereocenters. The van der Waals surface area contributed by atoms with Crippen LogP contribution in [0.15, 0.2) is 24.4 Å². The summed E-state index contributed by atoms with van der Waals surface area (Å²) >= 11 is 0. The second-order valence-electron chi connectivity index (χ2n) is 7.72. The Balaban J connectivity index is 1.82. The second-order valence-corrected chi connectivity index (χ2v) is 7.72. The number of alkyl halides is 3. The van der Waals surface area contributed by atoms with Gasteiger partial charge in [0.05, 0.1) is 16.8 Å². The molecule has 0 bridgehead atoms. The number of H-pyrrole nitrogens is 1. The number of aromatic amines is 1. The first-order valence-corrected chi connectivity index (χ1v) is 9.85. The highest BCUT2D eigenvalue weighted by Crippen LogP contribution is 2.41. The van der Waals surface area contributed by atoms with Crippen molar-refractivity contribution in [3.63, 3.8) is 0 Å². The first kappa shape index (κ1) is 21.5. The van der Waals surface area contributed by atoms with E-state index >= 15 is 0 Å². The average molecular weight is 442 g/mol. The maximum Gasteiger partial charge on any atom is 0.418 e. The number of nitrogens with one attached hydrogen (secondary N) is 3. The molecule has 1 fully saturated rings. The number of pyridine rings is 1. The normalized spacial score (nSPS) is 19.7. The fourth-order valence-corrected chi connectivity index (χ4v) is 4.14. The van der Waals surface area contributed by atoms with Gasteiger partial charge in [-0.3, -0.25) is 0 Å². The van der Waals surface area contributed by atoms with Crippen LogP contribution < -0.4 is 10.6 Å². The van der Waals surface area contributed by atoms with Crippen molar-refractivity contribution in [1.82, 2.24) is 15.3 Å². The van der Waals surface area contributed by atoms with E-state index < -0.39 is 34.9 Å². The van der Waals surface area contributed by atoms with Crippen molar-refractivity contribution in [2.45, 2.75) is 43.9 Å². The van der Waals surface area contributed by atoms with Gasteiger partial charge in [0, 0.05) is 35.3 Å². The van der Waals surface area contributed by atoms with Gasteiger partial charge in [0.2, 0.25) is 0 Å². The molecule has 2 heterocycles. The van der Waals surface area contributed by atoms with Gasteiger partial charge in [-0.1, -0.05) is 0 Å². The molecule has 31 heavy (non-hydrogen) atoms. The number of hydrogen-bond donors (Lipinski definition) is 3. The summed E-state index contributed by atoms with van der Waals surface area (Å²) in [6.07, 6.45) is -0.589. The zero-order valence-corrected chi connectivity index (χ0v) is 16.5. The topological polar surface area (TPSA) is 52.7 Å². The van der Waals surface area contributed by atoms with Crippen LogP contribution in [0, 0.1) is 17.5 Å². The van der Waals surface area contributed by atoms with E-state index in [9.17, 15) is 26.3 Å². The van der Waals surface area contributed by atoms with Gasteiger partial charge in [-0.05, 0) is 44.9 Å². The molecule has 1 aliphatic rings. The van der Waals surface area contributed by atoms with E-state index in [1.807, 2.05) is 7.05 Å². The quantitative estimate of drug-likeness (QED) is 0.461. The summed E-state index contributed by atoms with van der Waals surface area (Å²) in [7, 11) is 1.82. The molecule has 1 aliphatic carbocycles. The summed E-state index contributed by atoms with van der Waals surface area (Å²) in [4.78, 5) is 6.46. The van der Waals surface area contributed by atoms with Gasteiger partial charge in [-0.15, -0.1) is 0 Å². The number of anilines is 1. The predicted octanol–water partition coefficient (Wildman–Crippen LogP) is 5.61. The van der Waals surface area contributed by atoms with Crippen LogP contribution in [-0.4, -0.2) is 29.1 Å². The van der Waals surface area contributed by atoms with Crippen LogP contribution in [0.2, 0.25) is 0 Å². The molecule has 166 valence electrons. The van der Waals surface area contributed by atoms with Crippen molar-refractivity contribution in [2.24, 2.45) is 0 Å². The molecule has 3 N–H and O–H groups in total.